The zero-order chi connectivity index (χ0) is 14.8. The Bertz CT molecular complexity index is 588. The van der Waals surface area contributed by atoms with E-state index in [2.05, 4.69) is 6.07 Å². The lowest BCUT2D eigenvalue weighted by Crippen LogP contribution is -2.44. The van der Waals surface area contributed by atoms with Gasteiger partial charge in [0.25, 0.3) is 0 Å². The summed E-state index contributed by atoms with van der Waals surface area (Å²) in [5.74, 6) is 0.912. The number of likely N-dealkylation sites (tertiary alicyclic amines) is 1. The molecule has 1 aromatic carbocycles. The molecule has 1 fully saturated rings. The minimum atomic E-state index is -0.144. The van der Waals surface area contributed by atoms with Crippen LogP contribution >= 0.6 is 11.6 Å². The Balaban J connectivity index is 1.66. The van der Waals surface area contributed by atoms with Gasteiger partial charge in [0.2, 0.25) is 5.91 Å². The normalized spacial score (nSPS) is 22.1. The largest absolute Gasteiger partial charge is 0.492 e. The van der Waals surface area contributed by atoms with Gasteiger partial charge in [0.15, 0.2) is 0 Å². The van der Waals surface area contributed by atoms with E-state index in [0.717, 1.165) is 24.2 Å². The fraction of sp³-hybridized carbons (Fsp3) is 0.500. The maximum absolute atomic E-state index is 12.6. The standard InChI is InChI=1S/C16H17ClN2O2/c17-14-1-2-15-12(8-14)7-13(10-21-15)16(20)19-5-3-11(9-18)4-6-19/h1-2,8,11,13H,3-7,10H2. The lowest BCUT2D eigenvalue weighted by molar-refractivity contribution is -0.138. The number of nitriles is 1. The van der Waals surface area contributed by atoms with Crippen molar-refractivity contribution in [3.8, 4) is 11.8 Å². The van der Waals surface area contributed by atoms with Gasteiger partial charge >= 0.3 is 0 Å². The van der Waals surface area contributed by atoms with Crippen LogP contribution in [0.2, 0.25) is 5.02 Å². The average molecular weight is 305 g/mol. The van der Waals surface area contributed by atoms with Gasteiger partial charge in [-0.2, -0.15) is 5.26 Å². The fourth-order valence-corrected chi connectivity index (χ4v) is 3.20. The van der Waals surface area contributed by atoms with Crippen molar-refractivity contribution in [2.45, 2.75) is 19.3 Å². The predicted molar refractivity (Wildman–Crippen MR) is 79.1 cm³/mol. The van der Waals surface area contributed by atoms with E-state index in [9.17, 15) is 4.79 Å². The third-order valence-electron chi connectivity index (χ3n) is 4.27. The Labute approximate surface area is 129 Å². The lowest BCUT2D eigenvalue weighted by Gasteiger charge is -2.33. The zero-order valence-electron chi connectivity index (χ0n) is 11.7. The second-order valence-corrected chi connectivity index (χ2v) is 6.13. The van der Waals surface area contributed by atoms with Crippen LogP contribution in [0.1, 0.15) is 18.4 Å². The summed E-state index contributed by atoms with van der Waals surface area (Å²) in [5, 5.41) is 9.58. The van der Waals surface area contributed by atoms with Crippen LogP contribution in [0.4, 0.5) is 0 Å². The third kappa shape index (κ3) is 2.98. The number of ether oxygens (including phenoxy) is 1. The van der Waals surface area contributed by atoms with E-state index in [1.165, 1.54) is 0 Å². The van der Waals surface area contributed by atoms with Crippen molar-refractivity contribution in [3.63, 3.8) is 0 Å². The number of carbonyl (C=O) groups excluding carboxylic acids is 1. The van der Waals surface area contributed by atoms with Gasteiger partial charge in [0.05, 0.1) is 12.0 Å². The van der Waals surface area contributed by atoms with E-state index in [0.29, 0.717) is 31.1 Å². The highest BCUT2D eigenvalue weighted by atomic mass is 35.5. The van der Waals surface area contributed by atoms with Crippen LogP contribution in [0.5, 0.6) is 5.75 Å². The monoisotopic (exact) mass is 304 g/mol. The molecule has 0 bridgehead atoms. The van der Waals surface area contributed by atoms with Crippen LogP contribution < -0.4 is 4.74 Å². The van der Waals surface area contributed by atoms with Crippen molar-refractivity contribution >= 4 is 17.5 Å². The molecule has 1 saturated heterocycles. The molecular weight excluding hydrogens is 288 g/mol. The minimum absolute atomic E-state index is 0.0937. The molecular formula is C16H17ClN2O2. The molecule has 0 radical (unpaired) electrons. The summed E-state index contributed by atoms with van der Waals surface area (Å²) >= 11 is 6.00. The molecule has 0 N–H and O–H groups in total. The minimum Gasteiger partial charge on any atom is -0.492 e. The Hall–Kier alpha value is -1.73. The number of amides is 1. The first kappa shape index (κ1) is 14.2. The number of fused-ring (bicyclic) bond motifs is 1. The van der Waals surface area contributed by atoms with Gasteiger partial charge in [-0.1, -0.05) is 11.6 Å². The lowest BCUT2D eigenvalue weighted by atomic mass is 9.93. The van der Waals surface area contributed by atoms with Crippen LogP contribution in [0.15, 0.2) is 18.2 Å². The SMILES string of the molecule is N#CC1CCN(C(=O)C2COc3ccc(Cl)cc3C2)CC1. The van der Waals surface area contributed by atoms with Crippen LogP contribution in [-0.4, -0.2) is 30.5 Å². The maximum atomic E-state index is 12.6. The van der Waals surface area contributed by atoms with E-state index in [1.807, 2.05) is 17.0 Å². The van der Waals surface area contributed by atoms with Crippen LogP contribution in [0.3, 0.4) is 0 Å². The first-order chi connectivity index (χ1) is 10.2. The molecule has 0 aromatic heterocycles. The number of halogens is 1. The summed E-state index contributed by atoms with van der Waals surface area (Å²) < 4.78 is 5.69. The van der Waals surface area contributed by atoms with Crippen molar-refractivity contribution < 1.29 is 9.53 Å². The average Bonchev–Trinajstić information content (AvgIpc) is 2.53. The smallest absolute Gasteiger partial charge is 0.229 e. The first-order valence-corrected chi connectivity index (χ1v) is 7.65. The van der Waals surface area contributed by atoms with Crippen LogP contribution in [-0.2, 0) is 11.2 Å². The first-order valence-electron chi connectivity index (χ1n) is 7.27. The summed E-state index contributed by atoms with van der Waals surface area (Å²) in [7, 11) is 0. The summed E-state index contributed by atoms with van der Waals surface area (Å²) in [5.41, 5.74) is 0.999. The Morgan fingerprint density at radius 1 is 1.38 bits per heavy atom. The number of hydrogen-bond donors (Lipinski definition) is 0. The third-order valence-corrected chi connectivity index (χ3v) is 4.50. The highest BCUT2D eigenvalue weighted by Gasteiger charge is 2.31. The Morgan fingerprint density at radius 2 is 2.14 bits per heavy atom. The van der Waals surface area contributed by atoms with Crippen LogP contribution in [0, 0.1) is 23.2 Å². The molecule has 0 spiro atoms. The van der Waals surface area contributed by atoms with Gasteiger partial charge in [-0.25, -0.2) is 0 Å². The van der Waals surface area contributed by atoms with Gasteiger partial charge in [0, 0.05) is 24.0 Å². The molecule has 5 heteroatoms. The molecule has 1 atom stereocenters. The van der Waals surface area contributed by atoms with E-state index in [4.69, 9.17) is 21.6 Å². The topological polar surface area (TPSA) is 53.3 Å². The van der Waals surface area contributed by atoms with Crippen LogP contribution in [0.25, 0.3) is 0 Å². The summed E-state index contributed by atoms with van der Waals surface area (Å²) in [6.07, 6.45) is 2.23. The van der Waals surface area contributed by atoms with E-state index in [-0.39, 0.29) is 17.7 Å². The van der Waals surface area contributed by atoms with Gasteiger partial charge < -0.3 is 9.64 Å². The molecule has 2 aliphatic rings. The van der Waals surface area contributed by atoms with E-state index >= 15 is 0 Å². The van der Waals surface area contributed by atoms with E-state index in [1.54, 1.807) is 6.07 Å². The molecule has 1 amide bonds. The fourth-order valence-electron chi connectivity index (χ4n) is 3.01. The van der Waals surface area contributed by atoms with E-state index < -0.39 is 0 Å². The molecule has 0 aliphatic carbocycles. The highest BCUT2D eigenvalue weighted by Crippen LogP contribution is 2.31. The Kier molecular flexibility index (Phi) is 4.03. The van der Waals surface area contributed by atoms with Gasteiger partial charge in [0.1, 0.15) is 12.4 Å². The summed E-state index contributed by atoms with van der Waals surface area (Å²) in [4.78, 5) is 14.4. The van der Waals surface area contributed by atoms with Crippen molar-refractivity contribution in [3.05, 3.63) is 28.8 Å². The molecule has 1 unspecified atom stereocenters. The van der Waals surface area contributed by atoms with Gasteiger partial charge in [-0.05, 0) is 43.0 Å². The summed E-state index contributed by atoms with van der Waals surface area (Å²) in [6.45, 7) is 1.78. The van der Waals surface area contributed by atoms with Crippen molar-refractivity contribution in [1.82, 2.24) is 4.90 Å². The molecule has 2 aliphatic heterocycles. The highest BCUT2D eigenvalue weighted by molar-refractivity contribution is 6.30. The molecule has 110 valence electrons. The molecule has 21 heavy (non-hydrogen) atoms. The van der Waals surface area contributed by atoms with Gasteiger partial charge in [-0.3, -0.25) is 4.79 Å². The van der Waals surface area contributed by atoms with Crippen molar-refractivity contribution in [2.24, 2.45) is 11.8 Å². The maximum Gasteiger partial charge on any atom is 0.229 e. The predicted octanol–water partition coefficient (Wildman–Crippen LogP) is 2.65. The molecule has 0 saturated carbocycles. The molecule has 4 nitrogen and oxygen atoms in total. The quantitative estimate of drug-likeness (QED) is 0.801. The second-order valence-electron chi connectivity index (χ2n) is 5.69. The Morgan fingerprint density at radius 3 is 2.86 bits per heavy atom. The number of carbonyl (C=O) groups is 1. The number of piperidine rings is 1. The second kappa shape index (κ2) is 5.95. The zero-order valence-corrected chi connectivity index (χ0v) is 12.5. The van der Waals surface area contributed by atoms with Crippen molar-refractivity contribution in [1.29, 1.82) is 5.26 Å². The molecule has 3 rings (SSSR count). The number of nitrogens with zero attached hydrogens (tertiary/aromatic N) is 2. The van der Waals surface area contributed by atoms with Crippen molar-refractivity contribution in [2.75, 3.05) is 19.7 Å². The number of hydrogen-bond acceptors (Lipinski definition) is 3. The molecule has 2 heterocycles. The molecule has 1 aromatic rings. The number of benzene rings is 1. The van der Waals surface area contributed by atoms with Gasteiger partial charge in [-0.15, -0.1) is 0 Å². The summed E-state index contributed by atoms with van der Waals surface area (Å²) in [6, 6.07) is 7.82. The number of rotatable bonds is 1.